The molecule has 0 saturated heterocycles. The van der Waals surface area contributed by atoms with Crippen molar-refractivity contribution in [3.05, 3.63) is 0 Å². The van der Waals surface area contributed by atoms with E-state index in [1.54, 1.807) is 0 Å². The Bertz CT molecular complexity index is 451. The Morgan fingerprint density at radius 2 is 0.500 bits per heavy atom. The van der Waals surface area contributed by atoms with Gasteiger partial charge in [0.1, 0.15) is 0 Å². The zero-order chi connectivity index (χ0) is 27.8. The molecule has 0 bridgehead atoms. The molecule has 0 aliphatic carbocycles. The first-order chi connectivity index (χ1) is 18.7. The number of amides is 2. The van der Waals surface area contributed by atoms with E-state index in [2.05, 4.69) is 24.7 Å². The van der Waals surface area contributed by atoms with E-state index < -0.39 is 0 Å². The van der Waals surface area contributed by atoms with E-state index in [4.69, 9.17) is 0 Å². The first-order valence-electron chi connectivity index (χ1n) is 17.3. The summed E-state index contributed by atoms with van der Waals surface area (Å²) in [6, 6.07) is 0. The molecule has 0 radical (unpaired) electrons. The highest BCUT2D eigenvalue weighted by molar-refractivity contribution is 5.81. The van der Waals surface area contributed by atoms with Crippen LogP contribution >= 0.6 is 0 Å². The Hall–Kier alpha value is -1.06. The average molecular weight is 537 g/mol. The summed E-state index contributed by atoms with van der Waals surface area (Å²) >= 11 is 0. The summed E-state index contributed by atoms with van der Waals surface area (Å²) in [5.74, 6) is -0.114. The van der Waals surface area contributed by atoms with Crippen LogP contribution in [-0.4, -0.2) is 11.8 Å². The SMILES string of the molecule is CCCCCCCCCCCCCCCCC(=O)NNC(=O)CCCCCCCCCCCCCCCC. The predicted molar refractivity (Wildman–Crippen MR) is 166 cm³/mol. The molecular weight excluding hydrogens is 468 g/mol. The van der Waals surface area contributed by atoms with Gasteiger partial charge in [-0.3, -0.25) is 20.4 Å². The summed E-state index contributed by atoms with van der Waals surface area (Å²) in [4.78, 5) is 23.9. The smallest absolute Gasteiger partial charge is 0.238 e. The van der Waals surface area contributed by atoms with E-state index >= 15 is 0 Å². The lowest BCUT2D eigenvalue weighted by molar-refractivity contribution is -0.129. The zero-order valence-electron chi connectivity index (χ0n) is 26.0. The van der Waals surface area contributed by atoms with Crippen molar-refractivity contribution >= 4 is 11.8 Å². The summed E-state index contributed by atoms with van der Waals surface area (Å²) in [5.41, 5.74) is 5.18. The predicted octanol–water partition coefficient (Wildman–Crippen LogP) is 10.9. The summed E-state index contributed by atoms with van der Waals surface area (Å²) in [5, 5.41) is 0. The topological polar surface area (TPSA) is 58.2 Å². The molecule has 0 fully saturated rings. The van der Waals surface area contributed by atoms with Crippen molar-refractivity contribution < 1.29 is 9.59 Å². The fourth-order valence-corrected chi connectivity index (χ4v) is 5.22. The minimum atomic E-state index is -0.0572. The second kappa shape index (κ2) is 32.2. The molecule has 0 spiro atoms. The van der Waals surface area contributed by atoms with Gasteiger partial charge < -0.3 is 0 Å². The van der Waals surface area contributed by atoms with Crippen LogP contribution < -0.4 is 10.9 Å². The monoisotopic (exact) mass is 537 g/mol. The van der Waals surface area contributed by atoms with Gasteiger partial charge in [0.25, 0.3) is 0 Å². The summed E-state index contributed by atoms with van der Waals surface area (Å²) in [7, 11) is 0. The number of hydrogen-bond acceptors (Lipinski definition) is 2. The highest BCUT2D eigenvalue weighted by Crippen LogP contribution is 2.14. The van der Waals surface area contributed by atoms with Gasteiger partial charge in [0.2, 0.25) is 11.8 Å². The molecule has 4 nitrogen and oxygen atoms in total. The second-order valence-electron chi connectivity index (χ2n) is 11.8. The Morgan fingerprint density at radius 1 is 0.316 bits per heavy atom. The van der Waals surface area contributed by atoms with Gasteiger partial charge in [-0.15, -0.1) is 0 Å². The van der Waals surface area contributed by atoms with E-state index in [9.17, 15) is 9.59 Å². The van der Waals surface area contributed by atoms with Gasteiger partial charge in [-0.1, -0.05) is 181 Å². The zero-order valence-corrected chi connectivity index (χ0v) is 26.0. The maximum absolute atomic E-state index is 11.9. The van der Waals surface area contributed by atoms with E-state index in [1.807, 2.05) is 0 Å². The summed E-state index contributed by atoms with van der Waals surface area (Å²) in [6.07, 6.45) is 37.8. The average Bonchev–Trinajstić information content (AvgIpc) is 2.92. The maximum Gasteiger partial charge on any atom is 0.238 e. The highest BCUT2D eigenvalue weighted by Gasteiger charge is 2.05. The number of hydrogen-bond donors (Lipinski definition) is 2. The number of rotatable bonds is 30. The normalized spacial score (nSPS) is 11.1. The lowest BCUT2D eigenvalue weighted by Crippen LogP contribution is -2.41. The molecule has 0 unspecified atom stereocenters. The van der Waals surface area contributed by atoms with Crippen LogP contribution in [-0.2, 0) is 9.59 Å². The lowest BCUT2D eigenvalue weighted by atomic mass is 10.0. The minimum Gasteiger partial charge on any atom is -0.273 e. The third-order valence-corrected chi connectivity index (χ3v) is 7.86. The number of hydrazine groups is 1. The van der Waals surface area contributed by atoms with E-state index in [0.717, 1.165) is 25.7 Å². The first kappa shape index (κ1) is 36.9. The van der Waals surface area contributed by atoms with Gasteiger partial charge in [0, 0.05) is 12.8 Å². The molecule has 0 atom stereocenters. The fraction of sp³-hybridized carbons (Fsp3) is 0.941. The molecule has 38 heavy (non-hydrogen) atoms. The Labute approximate surface area is 238 Å². The van der Waals surface area contributed by atoms with Crippen molar-refractivity contribution in [3.8, 4) is 0 Å². The fourth-order valence-electron chi connectivity index (χ4n) is 5.22. The van der Waals surface area contributed by atoms with Crippen molar-refractivity contribution in [1.82, 2.24) is 10.9 Å². The van der Waals surface area contributed by atoms with Crippen molar-refractivity contribution in [2.45, 2.75) is 206 Å². The van der Waals surface area contributed by atoms with E-state index in [0.29, 0.717) is 12.8 Å². The largest absolute Gasteiger partial charge is 0.273 e. The molecular formula is C34H68N2O2. The summed E-state index contributed by atoms with van der Waals surface area (Å²) in [6.45, 7) is 4.55. The van der Waals surface area contributed by atoms with Gasteiger partial charge >= 0.3 is 0 Å². The van der Waals surface area contributed by atoms with Crippen molar-refractivity contribution in [3.63, 3.8) is 0 Å². The van der Waals surface area contributed by atoms with Crippen molar-refractivity contribution in [2.75, 3.05) is 0 Å². The molecule has 4 heteroatoms. The Kier molecular flexibility index (Phi) is 31.3. The molecule has 2 amide bonds. The van der Waals surface area contributed by atoms with Gasteiger partial charge in [-0.2, -0.15) is 0 Å². The second-order valence-corrected chi connectivity index (χ2v) is 11.8. The number of carbonyl (C=O) groups is 2. The molecule has 0 saturated carbocycles. The molecule has 0 rings (SSSR count). The number of nitrogens with one attached hydrogen (secondary N) is 2. The number of unbranched alkanes of at least 4 members (excludes halogenated alkanes) is 26. The number of carbonyl (C=O) groups excluding carboxylic acids is 2. The van der Waals surface area contributed by atoms with E-state index in [1.165, 1.54) is 154 Å². The van der Waals surface area contributed by atoms with Crippen molar-refractivity contribution in [2.24, 2.45) is 0 Å². The molecule has 0 aliphatic heterocycles. The van der Waals surface area contributed by atoms with Gasteiger partial charge in [-0.05, 0) is 12.8 Å². The van der Waals surface area contributed by atoms with Gasteiger partial charge in [0.05, 0.1) is 0 Å². The highest BCUT2D eigenvalue weighted by atomic mass is 16.2. The van der Waals surface area contributed by atoms with Crippen LogP contribution in [0.25, 0.3) is 0 Å². The molecule has 2 N–H and O–H groups in total. The lowest BCUT2D eigenvalue weighted by Gasteiger charge is -2.07. The summed E-state index contributed by atoms with van der Waals surface area (Å²) < 4.78 is 0. The van der Waals surface area contributed by atoms with Crippen LogP contribution in [0.5, 0.6) is 0 Å². The molecule has 0 heterocycles. The van der Waals surface area contributed by atoms with Gasteiger partial charge in [-0.25, -0.2) is 0 Å². The van der Waals surface area contributed by atoms with Crippen LogP contribution in [0.1, 0.15) is 206 Å². The Balaban J connectivity index is 3.27. The van der Waals surface area contributed by atoms with Crippen LogP contribution in [0, 0.1) is 0 Å². The first-order valence-corrected chi connectivity index (χ1v) is 17.3. The molecule has 0 aromatic heterocycles. The van der Waals surface area contributed by atoms with E-state index in [-0.39, 0.29) is 11.8 Å². The molecule has 226 valence electrons. The maximum atomic E-state index is 11.9. The van der Waals surface area contributed by atoms with Crippen LogP contribution in [0.2, 0.25) is 0 Å². The quantitative estimate of drug-likeness (QED) is 0.0708. The standard InChI is InChI=1S/C34H68N2O2/c1-3-5-7-9-11-13-15-17-19-21-23-25-27-29-31-33(37)35-36-34(38)32-30-28-26-24-22-20-18-16-14-12-10-8-6-4-2/h3-32H2,1-2H3,(H,35,37)(H,36,38). The minimum absolute atomic E-state index is 0.0572. The van der Waals surface area contributed by atoms with Crippen LogP contribution in [0.15, 0.2) is 0 Å². The third-order valence-electron chi connectivity index (χ3n) is 7.86. The van der Waals surface area contributed by atoms with Crippen LogP contribution in [0.3, 0.4) is 0 Å². The molecule has 0 aliphatic rings. The Morgan fingerprint density at radius 3 is 0.711 bits per heavy atom. The molecule has 0 aromatic carbocycles. The van der Waals surface area contributed by atoms with Crippen LogP contribution in [0.4, 0.5) is 0 Å². The van der Waals surface area contributed by atoms with Gasteiger partial charge in [0.15, 0.2) is 0 Å². The third kappa shape index (κ3) is 31.2. The molecule has 0 aromatic rings. The van der Waals surface area contributed by atoms with Crippen molar-refractivity contribution in [1.29, 1.82) is 0 Å².